The van der Waals surface area contributed by atoms with Gasteiger partial charge in [-0.1, -0.05) is 0 Å². The highest BCUT2D eigenvalue weighted by Gasteiger charge is 2.27. The van der Waals surface area contributed by atoms with Gasteiger partial charge < -0.3 is 10.6 Å². The minimum Gasteiger partial charge on any atom is -0.347 e. The van der Waals surface area contributed by atoms with Crippen molar-refractivity contribution in [2.75, 3.05) is 13.1 Å². The lowest BCUT2D eigenvalue weighted by molar-refractivity contribution is 0.0925. The number of rotatable bonds is 3. The molecule has 1 saturated heterocycles. The van der Waals surface area contributed by atoms with E-state index >= 15 is 0 Å². The molecule has 1 saturated carbocycles. The number of amides is 1. The Bertz CT molecular complexity index is 404. The number of hydrogen-bond acceptors (Lipinski definition) is 3. The van der Waals surface area contributed by atoms with E-state index in [0.717, 1.165) is 31.6 Å². The van der Waals surface area contributed by atoms with Gasteiger partial charge in [0.25, 0.3) is 5.91 Å². The van der Waals surface area contributed by atoms with E-state index < -0.39 is 0 Å². The summed E-state index contributed by atoms with van der Waals surface area (Å²) in [6, 6.07) is 2.14. The SMILES string of the molecule is O=C(N[C@H]1CCCNC1)c1cc(C2CC2)[nH]n1. The van der Waals surface area contributed by atoms with Gasteiger partial charge in [-0.15, -0.1) is 0 Å². The molecule has 17 heavy (non-hydrogen) atoms. The van der Waals surface area contributed by atoms with Crippen LogP contribution in [0.25, 0.3) is 0 Å². The number of hydrogen-bond donors (Lipinski definition) is 3. The Morgan fingerprint density at radius 3 is 3.00 bits per heavy atom. The fourth-order valence-electron chi connectivity index (χ4n) is 2.29. The summed E-state index contributed by atoms with van der Waals surface area (Å²) in [4.78, 5) is 11.9. The molecule has 0 spiro atoms. The van der Waals surface area contributed by atoms with Crippen molar-refractivity contribution in [3.63, 3.8) is 0 Å². The fourth-order valence-corrected chi connectivity index (χ4v) is 2.29. The Balaban J connectivity index is 1.59. The lowest BCUT2D eigenvalue weighted by atomic mass is 10.1. The van der Waals surface area contributed by atoms with Crippen LogP contribution in [0.5, 0.6) is 0 Å². The second-order valence-electron chi connectivity index (χ2n) is 5.00. The zero-order valence-corrected chi connectivity index (χ0v) is 9.83. The second kappa shape index (κ2) is 4.49. The van der Waals surface area contributed by atoms with Crippen LogP contribution in [-0.4, -0.2) is 35.2 Å². The van der Waals surface area contributed by atoms with Crippen LogP contribution in [0, 0.1) is 0 Å². The number of piperidine rings is 1. The monoisotopic (exact) mass is 234 g/mol. The van der Waals surface area contributed by atoms with Crippen molar-refractivity contribution in [3.05, 3.63) is 17.5 Å². The number of carbonyl (C=O) groups excluding carboxylic acids is 1. The van der Waals surface area contributed by atoms with Crippen LogP contribution in [0.1, 0.15) is 47.8 Å². The molecule has 2 fully saturated rings. The molecule has 5 nitrogen and oxygen atoms in total. The van der Waals surface area contributed by atoms with Crippen molar-refractivity contribution in [1.29, 1.82) is 0 Å². The molecule has 92 valence electrons. The normalized spacial score (nSPS) is 24.6. The Labute approximate surface area is 100 Å². The topological polar surface area (TPSA) is 69.8 Å². The Morgan fingerprint density at radius 2 is 2.29 bits per heavy atom. The molecular weight excluding hydrogens is 216 g/mol. The van der Waals surface area contributed by atoms with E-state index in [1.54, 1.807) is 0 Å². The summed E-state index contributed by atoms with van der Waals surface area (Å²) in [5, 5.41) is 13.4. The molecule has 1 atom stereocenters. The molecule has 3 N–H and O–H groups in total. The molecule has 2 aliphatic rings. The number of H-pyrrole nitrogens is 1. The Morgan fingerprint density at radius 1 is 1.41 bits per heavy atom. The maximum absolute atomic E-state index is 11.9. The first kappa shape index (κ1) is 10.8. The van der Waals surface area contributed by atoms with E-state index in [1.807, 2.05) is 6.07 Å². The lowest BCUT2D eigenvalue weighted by Crippen LogP contribution is -2.45. The molecule has 0 unspecified atom stereocenters. The predicted octanol–water partition coefficient (Wildman–Crippen LogP) is 0.769. The molecule has 1 aliphatic heterocycles. The Hall–Kier alpha value is -1.36. The lowest BCUT2D eigenvalue weighted by Gasteiger charge is -2.23. The minimum atomic E-state index is -0.0538. The third-order valence-electron chi connectivity index (χ3n) is 3.48. The van der Waals surface area contributed by atoms with Crippen LogP contribution in [0.4, 0.5) is 0 Å². The van der Waals surface area contributed by atoms with Crippen LogP contribution < -0.4 is 10.6 Å². The first-order valence-corrected chi connectivity index (χ1v) is 6.40. The molecule has 0 aromatic carbocycles. The molecular formula is C12H18N4O. The highest BCUT2D eigenvalue weighted by molar-refractivity contribution is 5.92. The fraction of sp³-hybridized carbons (Fsp3) is 0.667. The summed E-state index contributed by atoms with van der Waals surface area (Å²) < 4.78 is 0. The highest BCUT2D eigenvalue weighted by Crippen LogP contribution is 2.38. The van der Waals surface area contributed by atoms with Crippen LogP contribution >= 0.6 is 0 Å². The molecule has 0 bridgehead atoms. The van der Waals surface area contributed by atoms with E-state index in [9.17, 15) is 4.79 Å². The maximum Gasteiger partial charge on any atom is 0.272 e. The van der Waals surface area contributed by atoms with E-state index in [2.05, 4.69) is 20.8 Å². The number of aromatic nitrogens is 2. The Kier molecular flexibility index (Phi) is 2.84. The van der Waals surface area contributed by atoms with Crippen LogP contribution in [0.15, 0.2) is 6.07 Å². The standard InChI is InChI=1S/C12H18N4O/c17-12(14-9-2-1-5-13-7-9)11-6-10(15-16-11)8-3-4-8/h6,8-9,13H,1-5,7H2,(H,14,17)(H,15,16)/t9-/m0/s1. The van der Waals surface area contributed by atoms with Crippen LogP contribution in [-0.2, 0) is 0 Å². The van der Waals surface area contributed by atoms with Gasteiger partial charge in [0.2, 0.25) is 0 Å². The number of nitrogens with one attached hydrogen (secondary N) is 3. The average Bonchev–Trinajstić information content (AvgIpc) is 3.08. The minimum absolute atomic E-state index is 0.0538. The largest absolute Gasteiger partial charge is 0.347 e. The van der Waals surface area contributed by atoms with Gasteiger partial charge in [-0.25, -0.2) is 0 Å². The summed E-state index contributed by atoms with van der Waals surface area (Å²) in [5.74, 6) is 0.558. The first-order chi connectivity index (χ1) is 8.33. The number of carbonyl (C=O) groups is 1. The molecule has 5 heteroatoms. The molecule has 2 heterocycles. The van der Waals surface area contributed by atoms with Crippen molar-refractivity contribution in [2.45, 2.75) is 37.6 Å². The maximum atomic E-state index is 11.9. The molecule has 1 aromatic heterocycles. The van der Waals surface area contributed by atoms with Crippen molar-refractivity contribution in [2.24, 2.45) is 0 Å². The van der Waals surface area contributed by atoms with Crippen LogP contribution in [0.2, 0.25) is 0 Å². The van der Waals surface area contributed by atoms with Crippen molar-refractivity contribution >= 4 is 5.91 Å². The van der Waals surface area contributed by atoms with Gasteiger partial charge in [-0.2, -0.15) is 5.10 Å². The van der Waals surface area contributed by atoms with Gasteiger partial charge in [0.1, 0.15) is 5.69 Å². The van der Waals surface area contributed by atoms with E-state index in [-0.39, 0.29) is 11.9 Å². The third-order valence-corrected chi connectivity index (χ3v) is 3.48. The van der Waals surface area contributed by atoms with Gasteiger partial charge in [0, 0.05) is 24.2 Å². The van der Waals surface area contributed by atoms with Gasteiger partial charge in [0.05, 0.1) is 0 Å². The molecule has 1 amide bonds. The summed E-state index contributed by atoms with van der Waals surface area (Å²) in [7, 11) is 0. The zero-order chi connectivity index (χ0) is 11.7. The van der Waals surface area contributed by atoms with Crippen molar-refractivity contribution in [1.82, 2.24) is 20.8 Å². The first-order valence-electron chi connectivity index (χ1n) is 6.40. The number of nitrogens with zero attached hydrogens (tertiary/aromatic N) is 1. The van der Waals surface area contributed by atoms with Crippen molar-refractivity contribution < 1.29 is 4.79 Å². The van der Waals surface area contributed by atoms with Gasteiger partial charge in [0.15, 0.2) is 0 Å². The zero-order valence-electron chi connectivity index (χ0n) is 9.83. The molecule has 0 radical (unpaired) electrons. The quantitative estimate of drug-likeness (QED) is 0.723. The second-order valence-corrected chi connectivity index (χ2v) is 5.00. The highest BCUT2D eigenvalue weighted by atomic mass is 16.2. The molecule has 1 aromatic rings. The predicted molar refractivity (Wildman–Crippen MR) is 63.9 cm³/mol. The van der Waals surface area contributed by atoms with Gasteiger partial charge in [-0.3, -0.25) is 9.89 Å². The van der Waals surface area contributed by atoms with E-state index in [1.165, 1.54) is 12.8 Å². The third kappa shape index (κ3) is 2.49. The average molecular weight is 234 g/mol. The van der Waals surface area contributed by atoms with E-state index in [0.29, 0.717) is 11.6 Å². The summed E-state index contributed by atoms with van der Waals surface area (Å²) >= 11 is 0. The van der Waals surface area contributed by atoms with Crippen molar-refractivity contribution in [3.8, 4) is 0 Å². The molecule has 3 rings (SSSR count). The summed E-state index contributed by atoms with van der Waals surface area (Å²) in [6.07, 6.45) is 4.61. The number of aromatic amines is 1. The van der Waals surface area contributed by atoms with Gasteiger partial charge >= 0.3 is 0 Å². The summed E-state index contributed by atoms with van der Waals surface area (Å²) in [5.41, 5.74) is 1.63. The summed E-state index contributed by atoms with van der Waals surface area (Å²) in [6.45, 7) is 1.92. The molecule has 1 aliphatic carbocycles. The van der Waals surface area contributed by atoms with E-state index in [4.69, 9.17) is 0 Å². The van der Waals surface area contributed by atoms with Crippen LogP contribution in [0.3, 0.4) is 0 Å². The van der Waals surface area contributed by atoms with Gasteiger partial charge in [-0.05, 0) is 38.3 Å². The smallest absolute Gasteiger partial charge is 0.272 e.